The van der Waals surface area contributed by atoms with Crippen LogP contribution in [0.25, 0.3) is 0 Å². The summed E-state index contributed by atoms with van der Waals surface area (Å²) in [5.41, 5.74) is 0.809. The van der Waals surface area contributed by atoms with Crippen LogP contribution < -0.4 is 10.2 Å². The van der Waals surface area contributed by atoms with Gasteiger partial charge in [0.1, 0.15) is 0 Å². The minimum Gasteiger partial charge on any atom is -0.355 e. The highest BCUT2D eigenvalue weighted by molar-refractivity contribution is 9.10. The van der Waals surface area contributed by atoms with Crippen LogP contribution in [0.1, 0.15) is 12.8 Å². The summed E-state index contributed by atoms with van der Waals surface area (Å²) in [6.07, 6.45) is 5.88. The molecule has 1 aromatic carbocycles. The monoisotopic (exact) mass is 334 g/mol. The number of benzene rings is 1. The van der Waals surface area contributed by atoms with Crippen molar-refractivity contribution in [3.63, 3.8) is 0 Å². The Labute approximate surface area is 126 Å². The fourth-order valence-electron chi connectivity index (χ4n) is 2.18. The molecule has 1 aliphatic heterocycles. The Morgan fingerprint density at radius 2 is 2.35 bits per heavy atom. The Bertz CT molecular complexity index is 565. The predicted molar refractivity (Wildman–Crippen MR) is 81.1 cm³/mol. The highest BCUT2D eigenvalue weighted by Gasteiger charge is 2.34. The molecule has 1 fully saturated rings. The van der Waals surface area contributed by atoms with Crippen LogP contribution in [-0.4, -0.2) is 24.9 Å². The standard InChI is InChI=1S/C15H15BrN2O2/c1-2-3-7-17-15(20)11-8-14(19)18(10-11)13-6-4-5-12(16)9-13/h1,4-6,9,11H,3,7-8,10H2,(H,17,20). The molecule has 0 bridgehead atoms. The van der Waals surface area contributed by atoms with Crippen molar-refractivity contribution in [2.75, 3.05) is 18.0 Å². The van der Waals surface area contributed by atoms with Crippen molar-refractivity contribution in [2.45, 2.75) is 12.8 Å². The van der Waals surface area contributed by atoms with Crippen LogP contribution in [0.2, 0.25) is 0 Å². The van der Waals surface area contributed by atoms with Crippen molar-refractivity contribution in [2.24, 2.45) is 5.92 Å². The predicted octanol–water partition coefficient (Wildman–Crippen LogP) is 1.94. The summed E-state index contributed by atoms with van der Waals surface area (Å²) in [5.74, 6) is 2.03. The molecule has 1 aliphatic rings. The second-order valence-electron chi connectivity index (χ2n) is 4.63. The maximum absolute atomic E-state index is 12.0. The molecule has 2 rings (SSSR count). The van der Waals surface area contributed by atoms with Crippen LogP contribution in [0, 0.1) is 18.3 Å². The van der Waals surface area contributed by atoms with Crippen LogP contribution in [-0.2, 0) is 9.59 Å². The summed E-state index contributed by atoms with van der Waals surface area (Å²) < 4.78 is 0.907. The van der Waals surface area contributed by atoms with Gasteiger partial charge < -0.3 is 10.2 Å². The Morgan fingerprint density at radius 3 is 3.05 bits per heavy atom. The molecule has 20 heavy (non-hydrogen) atoms. The van der Waals surface area contributed by atoms with Gasteiger partial charge in [0.15, 0.2) is 0 Å². The third kappa shape index (κ3) is 3.40. The van der Waals surface area contributed by atoms with Crippen molar-refractivity contribution in [1.29, 1.82) is 0 Å². The molecular weight excluding hydrogens is 320 g/mol. The molecule has 0 aromatic heterocycles. The van der Waals surface area contributed by atoms with Crippen LogP contribution in [0.3, 0.4) is 0 Å². The van der Waals surface area contributed by atoms with E-state index in [4.69, 9.17) is 6.42 Å². The molecule has 2 amide bonds. The fraction of sp³-hybridized carbons (Fsp3) is 0.333. The Hall–Kier alpha value is -1.80. The maximum atomic E-state index is 12.0. The highest BCUT2D eigenvalue weighted by atomic mass is 79.9. The average Bonchev–Trinajstić information content (AvgIpc) is 2.81. The number of terminal acetylenes is 1. The minimum atomic E-state index is -0.306. The fourth-order valence-corrected chi connectivity index (χ4v) is 2.57. The third-order valence-corrected chi connectivity index (χ3v) is 3.68. The van der Waals surface area contributed by atoms with E-state index in [1.165, 1.54) is 0 Å². The van der Waals surface area contributed by atoms with Crippen molar-refractivity contribution in [1.82, 2.24) is 5.32 Å². The minimum absolute atomic E-state index is 0.0276. The van der Waals surface area contributed by atoms with E-state index in [0.29, 0.717) is 19.5 Å². The normalized spacial score (nSPS) is 17.9. The number of nitrogens with zero attached hydrogens (tertiary/aromatic N) is 1. The Kier molecular flexibility index (Phi) is 4.80. The van der Waals surface area contributed by atoms with Crippen LogP contribution in [0.5, 0.6) is 0 Å². The van der Waals surface area contributed by atoms with Crippen molar-refractivity contribution in [3.8, 4) is 12.3 Å². The van der Waals surface area contributed by atoms with Gasteiger partial charge in [0.05, 0.1) is 5.92 Å². The molecule has 0 spiro atoms. The summed E-state index contributed by atoms with van der Waals surface area (Å²) >= 11 is 3.38. The average molecular weight is 335 g/mol. The second kappa shape index (κ2) is 6.58. The van der Waals surface area contributed by atoms with E-state index >= 15 is 0 Å². The second-order valence-corrected chi connectivity index (χ2v) is 5.55. The van der Waals surface area contributed by atoms with E-state index in [9.17, 15) is 9.59 Å². The van der Waals surface area contributed by atoms with Gasteiger partial charge >= 0.3 is 0 Å². The lowest BCUT2D eigenvalue weighted by Gasteiger charge is -2.16. The molecule has 1 unspecified atom stereocenters. The Balaban J connectivity index is 2.00. The molecule has 104 valence electrons. The summed E-state index contributed by atoms with van der Waals surface area (Å²) in [6, 6.07) is 7.50. The van der Waals surface area contributed by atoms with Gasteiger partial charge in [0, 0.05) is 36.1 Å². The first kappa shape index (κ1) is 14.6. The first-order valence-corrected chi connectivity index (χ1v) is 7.18. The zero-order valence-electron chi connectivity index (χ0n) is 10.9. The number of carbonyl (C=O) groups is 2. The summed E-state index contributed by atoms with van der Waals surface area (Å²) in [6.45, 7) is 0.869. The molecule has 1 aromatic rings. The molecule has 0 radical (unpaired) electrons. The molecule has 1 N–H and O–H groups in total. The van der Waals surface area contributed by atoms with E-state index in [1.807, 2.05) is 24.3 Å². The van der Waals surface area contributed by atoms with Gasteiger partial charge in [-0.15, -0.1) is 12.3 Å². The summed E-state index contributed by atoms with van der Waals surface area (Å²) in [7, 11) is 0. The largest absolute Gasteiger partial charge is 0.355 e. The number of anilines is 1. The lowest BCUT2D eigenvalue weighted by Crippen LogP contribution is -2.33. The summed E-state index contributed by atoms with van der Waals surface area (Å²) in [4.78, 5) is 25.6. The third-order valence-electron chi connectivity index (χ3n) is 3.18. The van der Waals surface area contributed by atoms with Gasteiger partial charge in [-0.2, -0.15) is 0 Å². The molecule has 5 heteroatoms. The van der Waals surface area contributed by atoms with Crippen molar-refractivity contribution >= 4 is 33.4 Å². The van der Waals surface area contributed by atoms with E-state index < -0.39 is 0 Å². The lowest BCUT2D eigenvalue weighted by atomic mass is 10.1. The zero-order valence-corrected chi connectivity index (χ0v) is 12.5. The topological polar surface area (TPSA) is 49.4 Å². The lowest BCUT2D eigenvalue weighted by molar-refractivity contribution is -0.126. The molecule has 1 atom stereocenters. The number of hydrogen-bond acceptors (Lipinski definition) is 2. The quantitative estimate of drug-likeness (QED) is 0.675. The molecule has 1 heterocycles. The van der Waals surface area contributed by atoms with E-state index in [2.05, 4.69) is 27.2 Å². The molecule has 0 aliphatic carbocycles. The number of nitrogens with one attached hydrogen (secondary N) is 1. The highest BCUT2D eigenvalue weighted by Crippen LogP contribution is 2.27. The van der Waals surface area contributed by atoms with E-state index in [0.717, 1.165) is 10.2 Å². The van der Waals surface area contributed by atoms with E-state index in [1.54, 1.807) is 4.90 Å². The number of halogens is 1. The van der Waals surface area contributed by atoms with Crippen molar-refractivity contribution < 1.29 is 9.59 Å². The van der Waals surface area contributed by atoms with Crippen molar-refractivity contribution in [3.05, 3.63) is 28.7 Å². The van der Waals surface area contributed by atoms with E-state index in [-0.39, 0.29) is 24.2 Å². The van der Waals surface area contributed by atoms with Gasteiger partial charge in [-0.3, -0.25) is 9.59 Å². The number of carbonyl (C=O) groups excluding carboxylic acids is 2. The zero-order chi connectivity index (χ0) is 14.5. The maximum Gasteiger partial charge on any atom is 0.227 e. The molecular formula is C15H15BrN2O2. The molecule has 4 nitrogen and oxygen atoms in total. The number of hydrogen-bond donors (Lipinski definition) is 1. The van der Waals surface area contributed by atoms with Gasteiger partial charge in [-0.25, -0.2) is 0 Å². The molecule has 1 saturated heterocycles. The van der Waals surface area contributed by atoms with Gasteiger partial charge in [0.25, 0.3) is 0 Å². The SMILES string of the molecule is C#CCCNC(=O)C1CC(=O)N(c2cccc(Br)c2)C1. The van der Waals surface area contributed by atoms with Gasteiger partial charge in [-0.05, 0) is 18.2 Å². The van der Waals surface area contributed by atoms with Crippen LogP contribution in [0.4, 0.5) is 5.69 Å². The smallest absolute Gasteiger partial charge is 0.227 e. The molecule has 0 saturated carbocycles. The first-order chi connectivity index (χ1) is 9.61. The van der Waals surface area contributed by atoms with Crippen LogP contribution in [0.15, 0.2) is 28.7 Å². The Morgan fingerprint density at radius 1 is 1.55 bits per heavy atom. The van der Waals surface area contributed by atoms with Gasteiger partial charge in [0.2, 0.25) is 11.8 Å². The van der Waals surface area contributed by atoms with Gasteiger partial charge in [-0.1, -0.05) is 22.0 Å². The number of amides is 2. The van der Waals surface area contributed by atoms with Crippen LogP contribution >= 0.6 is 15.9 Å². The number of rotatable bonds is 4. The summed E-state index contributed by atoms with van der Waals surface area (Å²) in [5, 5.41) is 2.76. The first-order valence-electron chi connectivity index (χ1n) is 6.39.